The topological polar surface area (TPSA) is 74.4 Å². The summed E-state index contributed by atoms with van der Waals surface area (Å²) in [6.07, 6.45) is 3.80. The molecule has 5 nitrogen and oxygen atoms in total. The summed E-state index contributed by atoms with van der Waals surface area (Å²) in [5.41, 5.74) is 2.71. The molecule has 1 aliphatic rings. The number of aromatic nitrogens is 4. The Labute approximate surface area is 190 Å². The number of fused-ring (bicyclic) bond motifs is 1. The van der Waals surface area contributed by atoms with Crippen molar-refractivity contribution in [3.63, 3.8) is 0 Å². The van der Waals surface area contributed by atoms with Crippen LogP contribution in [0.15, 0.2) is 47.3 Å². The second-order valence-electron chi connectivity index (χ2n) is 9.19. The molecular weight excluding hydrogens is 422 g/mol. The van der Waals surface area contributed by atoms with Crippen LogP contribution in [0.4, 0.5) is 8.78 Å². The lowest BCUT2D eigenvalue weighted by Crippen LogP contribution is -2.20. The van der Waals surface area contributed by atoms with Crippen LogP contribution in [0.2, 0.25) is 0 Å². The third-order valence-electron chi connectivity index (χ3n) is 7.12. The van der Waals surface area contributed by atoms with Gasteiger partial charge in [-0.3, -0.25) is 9.89 Å². The number of hydrogen-bond donors (Lipinski definition) is 2. The van der Waals surface area contributed by atoms with Crippen molar-refractivity contribution in [2.75, 3.05) is 0 Å². The van der Waals surface area contributed by atoms with E-state index in [1.165, 1.54) is 18.2 Å². The second-order valence-corrected chi connectivity index (χ2v) is 9.19. The van der Waals surface area contributed by atoms with E-state index >= 15 is 0 Å². The molecule has 2 aromatic heterocycles. The van der Waals surface area contributed by atoms with Gasteiger partial charge in [-0.1, -0.05) is 19.1 Å². The Hall–Kier alpha value is -3.35. The van der Waals surface area contributed by atoms with Gasteiger partial charge in [0.15, 0.2) is 5.82 Å². The van der Waals surface area contributed by atoms with E-state index in [0.717, 1.165) is 42.5 Å². The first-order chi connectivity index (χ1) is 15.9. The highest BCUT2D eigenvalue weighted by atomic mass is 19.1. The molecule has 1 saturated carbocycles. The predicted molar refractivity (Wildman–Crippen MR) is 124 cm³/mol. The molecule has 2 heterocycles. The Kier molecular flexibility index (Phi) is 5.56. The van der Waals surface area contributed by atoms with Gasteiger partial charge in [0.1, 0.15) is 17.5 Å². The summed E-state index contributed by atoms with van der Waals surface area (Å²) in [6.45, 7) is 3.87. The zero-order valence-electron chi connectivity index (χ0n) is 18.7. The van der Waals surface area contributed by atoms with Gasteiger partial charge in [0.25, 0.3) is 0 Å². The molecule has 5 rings (SSSR count). The minimum atomic E-state index is -0.298. The minimum absolute atomic E-state index is 0.152. The molecule has 2 aromatic carbocycles. The van der Waals surface area contributed by atoms with Gasteiger partial charge in [-0.25, -0.2) is 13.8 Å². The van der Waals surface area contributed by atoms with Crippen molar-refractivity contribution in [3.05, 3.63) is 81.4 Å². The summed E-state index contributed by atoms with van der Waals surface area (Å²) < 4.78 is 27.8. The van der Waals surface area contributed by atoms with E-state index in [4.69, 9.17) is 0 Å². The summed E-state index contributed by atoms with van der Waals surface area (Å²) in [6, 6.07) is 11.2. The quantitative estimate of drug-likeness (QED) is 0.403. The van der Waals surface area contributed by atoms with Crippen LogP contribution in [0.5, 0.6) is 0 Å². The van der Waals surface area contributed by atoms with Crippen LogP contribution < -0.4 is 5.56 Å². The zero-order valence-corrected chi connectivity index (χ0v) is 18.7. The van der Waals surface area contributed by atoms with E-state index in [0.29, 0.717) is 28.4 Å². The number of nitrogens with one attached hydrogen (secondary N) is 2. The van der Waals surface area contributed by atoms with Crippen LogP contribution in [0.3, 0.4) is 0 Å². The Bertz CT molecular complexity index is 1370. The lowest BCUT2D eigenvalue weighted by atomic mass is 9.73. The molecule has 2 N–H and O–H groups in total. The van der Waals surface area contributed by atoms with Crippen molar-refractivity contribution >= 4 is 10.9 Å². The molecule has 0 bridgehead atoms. The molecule has 0 spiro atoms. The van der Waals surface area contributed by atoms with Gasteiger partial charge in [0, 0.05) is 28.5 Å². The Morgan fingerprint density at radius 3 is 2.58 bits per heavy atom. The molecule has 33 heavy (non-hydrogen) atoms. The van der Waals surface area contributed by atoms with E-state index in [9.17, 15) is 13.6 Å². The van der Waals surface area contributed by atoms with Crippen molar-refractivity contribution < 1.29 is 8.78 Å². The molecule has 1 atom stereocenters. The molecule has 1 aliphatic carbocycles. The molecule has 1 fully saturated rings. The first kappa shape index (κ1) is 21.5. The highest BCUT2D eigenvalue weighted by Crippen LogP contribution is 2.42. The molecule has 0 unspecified atom stereocenters. The average Bonchev–Trinajstić information content (AvgIpc) is 3.30. The summed E-state index contributed by atoms with van der Waals surface area (Å²) in [5.74, 6) is 1.56. The van der Waals surface area contributed by atoms with Crippen LogP contribution in [0.1, 0.15) is 61.4 Å². The summed E-state index contributed by atoms with van der Waals surface area (Å²) >= 11 is 0. The number of nitrogens with zero attached hydrogens (tertiary/aromatic N) is 2. The largest absolute Gasteiger partial charge is 0.322 e. The van der Waals surface area contributed by atoms with Crippen LogP contribution in [0.25, 0.3) is 22.3 Å². The maximum atomic E-state index is 13.9. The number of H-pyrrole nitrogens is 2. The smallest absolute Gasteiger partial charge is 0.248 e. The molecule has 0 amide bonds. The Balaban J connectivity index is 1.31. The third kappa shape index (κ3) is 4.19. The molecule has 170 valence electrons. The molecule has 0 aliphatic heterocycles. The number of hydrogen-bond acceptors (Lipinski definition) is 3. The summed E-state index contributed by atoms with van der Waals surface area (Å²) in [4.78, 5) is 19.6. The Morgan fingerprint density at radius 2 is 1.82 bits per heavy atom. The van der Waals surface area contributed by atoms with E-state index in [2.05, 4.69) is 27.1 Å². The molecule has 0 radical (unpaired) electrons. The van der Waals surface area contributed by atoms with Crippen molar-refractivity contribution in [2.45, 2.75) is 51.4 Å². The standard InChI is InChI=1S/C26H26F2N4O/c1-14-3-4-18(11-22(14)28)26-30-25(31-32-26)15(2)16-5-7-17(8-6-16)20-13-24(33)29-23-10-9-19(27)12-21(20)23/h3-4,9-13,15-17H,5-8H2,1-2H3,(H,29,33)(H,30,31,32)/t15-,16?,17?/m1/s1. The number of aromatic amines is 2. The lowest BCUT2D eigenvalue weighted by Gasteiger charge is -2.32. The van der Waals surface area contributed by atoms with Crippen molar-refractivity contribution in [1.82, 2.24) is 20.2 Å². The van der Waals surface area contributed by atoms with Gasteiger partial charge in [0.2, 0.25) is 5.56 Å². The number of pyridine rings is 1. The zero-order chi connectivity index (χ0) is 23.1. The predicted octanol–water partition coefficient (Wildman–Crippen LogP) is 5.98. The maximum Gasteiger partial charge on any atom is 0.248 e. The van der Waals surface area contributed by atoms with E-state index in [1.54, 1.807) is 25.1 Å². The van der Waals surface area contributed by atoms with Crippen molar-refractivity contribution in [1.29, 1.82) is 0 Å². The van der Waals surface area contributed by atoms with Gasteiger partial charge in [-0.15, -0.1) is 0 Å². The normalized spacial score (nSPS) is 19.6. The van der Waals surface area contributed by atoms with Crippen LogP contribution >= 0.6 is 0 Å². The second kappa shape index (κ2) is 8.54. The average molecular weight is 449 g/mol. The van der Waals surface area contributed by atoms with Gasteiger partial charge in [-0.2, -0.15) is 5.10 Å². The van der Waals surface area contributed by atoms with Gasteiger partial charge >= 0.3 is 0 Å². The van der Waals surface area contributed by atoms with Crippen LogP contribution in [-0.2, 0) is 0 Å². The Morgan fingerprint density at radius 1 is 1.03 bits per heavy atom. The third-order valence-corrected chi connectivity index (χ3v) is 7.12. The summed E-state index contributed by atoms with van der Waals surface area (Å²) in [7, 11) is 0. The van der Waals surface area contributed by atoms with E-state index < -0.39 is 0 Å². The van der Waals surface area contributed by atoms with Crippen molar-refractivity contribution in [3.8, 4) is 11.4 Å². The molecule has 0 saturated heterocycles. The molecule has 7 heteroatoms. The van der Waals surface area contributed by atoms with E-state index in [1.807, 2.05) is 6.07 Å². The van der Waals surface area contributed by atoms with Gasteiger partial charge in [0.05, 0.1) is 0 Å². The first-order valence-corrected chi connectivity index (χ1v) is 11.4. The van der Waals surface area contributed by atoms with Gasteiger partial charge in [-0.05, 0) is 79.8 Å². The fourth-order valence-electron chi connectivity index (χ4n) is 5.08. The first-order valence-electron chi connectivity index (χ1n) is 11.4. The number of halogens is 2. The number of rotatable bonds is 4. The minimum Gasteiger partial charge on any atom is -0.322 e. The number of aryl methyl sites for hydroxylation is 1. The highest BCUT2D eigenvalue weighted by Gasteiger charge is 2.29. The highest BCUT2D eigenvalue weighted by molar-refractivity contribution is 5.82. The van der Waals surface area contributed by atoms with Crippen LogP contribution in [0, 0.1) is 24.5 Å². The fraction of sp³-hybridized carbons (Fsp3) is 0.346. The number of benzene rings is 2. The van der Waals surface area contributed by atoms with E-state index in [-0.39, 0.29) is 29.0 Å². The SMILES string of the molecule is Cc1ccc(-c2n[nH]c([C@H](C)C3CCC(c4cc(=O)[nH]c5ccc(F)cc45)CC3)n2)cc1F. The molecule has 4 aromatic rings. The maximum absolute atomic E-state index is 13.9. The molecular formula is C26H26F2N4O. The fourth-order valence-corrected chi connectivity index (χ4v) is 5.08. The monoisotopic (exact) mass is 448 g/mol. The summed E-state index contributed by atoms with van der Waals surface area (Å²) in [5, 5.41) is 8.15. The lowest BCUT2D eigenvalue weighted by molar-refractivity contribution is 0.286. The van der Waals surface area contributed by atoms with Gasteiger partial charge < -0.3 is 4.98 Å². The van der Waals surface area contributed by atoms with Crippen LogP contribution in [-0.4, -0.2) is 20.2 Å². The van der Waals surface area contributed by atoms with Crippen molar-refractivity contribution in [2.24, 2.45) is 5.92 Å².